The molecule has 0 aliphatic carbocycles. The van der Waals surface area contributed by atoms with Gasteiger partial charge in [0.15, 0.2) is 0 Å². The van der Waals surface area contributed by atoms with Crippen LogP contribution < -0.4 is 0 Å². The minimum Gasteiger partial charge on any atom is -0.396 e. The monoisotopic (exact) mass is 171 g/mol. The zero-order chi connectivity index (χ0) is 8.81. The first kappa shape index (κ1) is 9.52. The summed E-state index contributed by atoms with van der Waals surface area (Å²) in [7, 11) is 0. The van der Waals surface area contributed by atoms with E-state index in [1.807, 2.05) is 6.92 Å². The largest absolute Gasteiger partial charge is 0.396 e. The van der Waals surface area contributed by atoms with Gasteiger partial charge in [0.1, 0.15) is 6.61 Å². The maximum absolute atomic E-state index is 5.50. The highest BCUT2D eigenvalue weighted by atomic mass is 16.6. The first-order chi connectivity index (χ1) is 5.86. The lowest BCUT2D eigenvalue weighted by molar-refractivity contribution is 0.0447. The molecule has 0 radical (unpaired) electrons. The van der Waals surface area contributed by atoms with Crippen LogP contribution in [0.1, 0.15) is 33.1 Å². The van der Waals surface area contributed by atoms with Crippen molar-refractivity contribution in [3.63, 3.8) is 0 Å². The van der Waals surface area contributed by atoms with E-state index in [9.17, 15) is 0 Å². The molecule has 0 aromatic carbocycles. The number of hydrogen-bond donors (Lipinski definition) is 0. The molecule has 0 bridgehead atoms. The van der Waals surface area contributed by atoms with E-state index < -0.39 is 0 Å². The lowest BCUT2D eigenvalue weighted by atomic mass is 10.1. The van der Waals surface area contributed by atoms with Crippen molar-refractivity contribution in [3.8, 4) is 0 Å². The van der Waals surface area contributed by atoms with Crippen molar-refractivity contribution in [2.75, 3.05) is 13.2 Å². The SMILES string of the molecule is CCO/N=C1/CCOC(CC)C1. The summed E-state index contributed by atoms with van der Waals surface area (Å²) in [6, 6.07) is 0. The fraction of sp³-hybridized carbons (Fsp3) is 0.889. The molecule has 3 nitrogen and oxygen atoms in total. The molecule has 0 spiro atoms. The van der Waals surface area contributed by atoms with Crippen molar-refractivity contribution in [1.29, 1.82) is 0 Å². The Morgan fingerprint density at radius 3 is 3.08 bits per heavy atom. The van der Waals surface area contributed by atoms with Gasteiger partial charge in [-0.2, -0.15) is 0 Å². The summed E-state index contributed by atoms with van der Waals surface area (Å²) < 4.78 is 5.50. The molecule has 0 aromatic heterocycles. The summed E-state index contributed by atoms with van der Waals surface area (Å²) in [6.07, 6.45) is 3.29. The van der Waals surface area contributed by atoms with Gasteiger partial charge in [-0.1, -0.05) is 12.1 Å². The van der Waals surface area contributed by atoms with E-state index in [0.29, 0.717) is 12.7 Å². The van der Waals surface area contributed by atoms with Crippen molar-refractivity contribution >= 4 is 5.71 Å². The van der Waals surface area contributed by atoms with Crippen molar-refractivity contribution in [3.05, 3.63) is 0 Å². The molecule has 0 amide bonds. The van der Waals surface area contributed by atoms with E-state index in [1.54, 1.807) is 0 Å². The fourth-order valence-corrected chi connectivity index (χ4v) is 1.27. The van der Waals surface area contributed by atoms with E-state index in [4.69, 9.17) is 9.57 Å². The highest BCUT2D eigenvalue weighted by Gasteiger charge is 2.16. The van der Waals surface area contributed by atoms with Gasteiger partial charge in [-0.15, -0.1) is 0 Å². The molecule has 1 aliphatic heterocycles. The lowest BCUT2D eigenvalue weighted by Gasteiger charge is -2.22. The van der Waals surface area contributed by atoms with E-state index in [0.717, 1.165) is 31.6 Å². The molecular formula is C9H17NO2. The number of oxime groups is 1. The van der Waals surface area contributed by atoms with Crippen LogP contribution in [0.2, 0.25) is 0 Å². The molecule has 70 valence electrons. The minimum absolute atomic E-state index is 0.359. The molecule has 1 heterocycles. The third kappa shape index (κ3) is 2.81. The Morgan fingerprint density at radius 2 is 2.42 bits per heavy atom. The highest BCUT2D eigenvalue weighted by Crippen LogP contribution is 2.13. The van der Waals surface area contributed by atoms with Crippen LogP contribution in [-0.4, -0.2) is 25.0 Å². The Labute approximate surface area is 73.7 Å². The van der Waals surface area contributed by atoms with Crippen LogP contribution in [-0.2, 0) is 9.57 Å². The minimum atomic E-state index is 0.359. The Balaban J connectivity index is 2.34. The van der Waals surface area contributed by atoms with Crippen molar-refractivity contribution in [1.82, 2.24) is 0 Å². The van der Waals surface area contributed by atoms with Crippen molar-refractivity contribution in [2.45, 2.75) is 39.2 Å². The quantitative estimate of drug-likeness (QED) is 0.608. The molecular weight excluding hydrogens is 154 g/mol. The molecule has 1 atom stereocenters. The zero-order valence-corrected chi connectivity index (χ0v) is 7.88. The molecule has 1 rings (SSSR count). The van der Waals surface area contributed by atoms with Crippen LogP contribution in [0.4, 0.5) is 0 Å². The lowest BCUT2D eigenvalue weighted by Crippen LogP contribution is -2.25. The normalized spacial score (nSPS) is 27.5. The van der Waals surface area contributed by atoms with Crippen LogP contribution in [0.3, 0.4) is 0 Å². The molecule has 1 unspecified atom stereocenters. The predicted octanol–water partition coefficient (Wildman–Crippen LogP) is 1.97. The molecule has 0 N–H and O–H groups in total. The maximum Gasteiger partial charge on any atom is 0.114 e. The van der Waals surface area contributed by atoms with Crippen LogP contribution >= 0.6 is 0 Å². The van der Waals surface area contributed by atoms with Crippen LogP contribution in [0.15, 0.2) is 5.16 Å². The topological polar surface area (TPSA) is 30.8 Å². The summed E-state index contributed by atoms with van der Waals surface area (Å²) in [5.41, 5.74) is 1.15. The smallest absolute Gasteiger partial charge is 0.114 e. The summed E-state index contributed by atoms with van der Waals surface area (Å²) in [4.78, 5) is 5.00. The summed E-state index contributed by atoms with van der Waals surface area (Å²) in [6.45, 7) is 5.53. The van der Waals surface area contributed by atoms with Crippen LogP contribution in [0, 0.1) is 0 Å². The van der Waals surface area contributed by atoms with Gasteiger partial charge in [0.25, 0.3) is 0 Å². The number of ether oxygens (including phenoxy) is 1. The molecule has 1 fully saturated rings. The molecule has 0 aromatic rings. The molecule has 3 heteroatoms. The number of hydrogen-bond acceptors (Lipinski definition) is 3. The highest BCUT2D eigenvalue weighted by molar-refractivity contribution is 5.85. The second kappa shape index (κ2) is 5.14. The average Bonchev–Trinajstić information content (AvgIpc) is 2.15. The van der Waals surface area contributed by atoms with Gasteiger partial charge < -0.3 is 9.57 Å². The first-order valence-electron chi connectivity index (χ1n) is 4.66. The van der Waals surface area contributed by atoms with Crippen molar-refractivity contribution < 1.29 is 9.57 Å². The van der Waals surface area contributed by atoms with Gasteiger partial charge in [-0.05, 0) is 13.3 Å². The Bertz CT molecular complexity index is 157. The summed E-state index contributed by atoms with van der Waals surface area (Å²) >= 11 is 0. The Morgan fingerprint density at radius 1 is 1.58 bits per heavy atom. The first-order valence-corrected chi connectivity index (χ1v) is 4.66. The van der Waals surface area contributed by atoms with Crippen LogP contribution in [0.5, 0.6) is 0 Å². The van der Waals surface area contributed by atoms with E-state index in [1.165, 1.54) is 0 Å². The van der Waals surface area contributed by atoms with Gasteiger partial charge in [-0.3, -0.25) is 0 Å². The molecule has 0 saturated carbocycles. The van der Waals surface area contributed by atoms with Gasteiger partial charge in [-0.25, -0.2) is 0 Å². The summed E-state index contributed by atoms with van der Waals surface area (Å²) in [5.74, 6) is 0. The number of rotatable bonds is 3. The van der Waals surface area contributed by atoms with Gasteiger partial charge in [0.05, 0.1) is 18.4 Å². The molecule has 12 heavy (non-hydrogen) atoms. The summed E-state index contributed by atoms with van der Waals surface area (Å²) in [5, 5.41) is 4.04. The molecule has 1 aliphatic rings. The van der Waals surface area contributed by atoms with E-state index in [-0.39, 0.29) is 0 Å². The second-order valence-corrected chi connectivity index (χ2v) is 2.93. The standard InChI is InChI=1S/C9H17NO2/c1-3-9-7-8(5-6-11-9)10-12-4-2/h9H,3-7H2,1-2H3/b10-8-. The number of nitrogens with zero attached hydrogens (tertiary/aromatic N) is 1. The van der Waals surface area contributed by atoms with E-state index >= 15 is 0 Å². The van der Waals surface area contributed by atoms with E-state index in [2.05, 4.69) is 12.1 Å². The maximum atomic E-state index is 5.50. The Kier molecular flexibility index (Phi) is 4.08. The second-order valence-electron chi connectivity index (χ2n) is 2.93. The third-order valence-electron chi connectivity index (χ3n) is 1.99. The van der Waals surface area contributed by atoms with Gasteiger partial charge in [0, 0.05) is 12.8 Å². The van der Waals surface area contributed by atoms with Crippen molar-refractivity contribution in [2.24, 2.45) is 5.16 Å². The zero-order valence-electron chi connectivity index (χ0n) is 7.88. The fourth-order valence-electron chi connectivity index (χ4n) is 1.27. The third-order valence-corrected chi connectivity index (χ3v) is 1.99. The Hall–Kier alpha value is -0.570. The predicted molar refractivity (Wildman–Crippen MR) is 48.3 cm³/mol. The average molecular weight is 171 g/mol. The van der Waals surface area contributed by atoms with Gasteiger partial charge >= 0.3 is 0 Å². The molecule has 1 saturated heterocycles. The van der Waals surface area contributed by atoms with Crippen LogP contribution in [0.25, 0.3) is 0 Å². The van der Waals surface area contributed by atoms with Gasteiger partial charge in [0.2, 0.25) is 0 Å².